The number of hydrogen-bond donors (Lipinski definition) is 3. The van der Waals surface area contributed by atoms with Crippen molar-refractivity contribution in [1.29, 1.82) is 0 Å². The first kappa shape index (κ1) is 23.0. The summed E-state index contributed by atoms with van der Waals surface area (Å²) in [5, 5.41) is 30.2. The van der Waals surface area contributed by atoms with Gasteiger partial charge in [0.05, 0.1) is 11.1 Å². The van der Waals surface area contributed by atoms with E-state index < -0.39 is 12.1 Å². The standard InChI is InChI=1S/C26H26O6/c1-3-5-22-23(13-12-21(16(2)27)25(22)29)32-15-17-8-10-18(11-9-17)24(28)19-6-4-7-20(14-19)26(30)31/h4,6-14,24,28-29H,3,5,15H2,1-2H3,(H,30,31). The van der Waals surface area contributed by atoms with Crippen molar-refractivity contribution in [3.63, 3.8) is 0 Å². The molecule has 0 heterocycles. The molecular weight excluding hydrogens is 408 g/mol. The number of carboxylic acid groups (broad SMARTS) is 1. The van der Waals surface area contributed by atoms with Crippen LogP contribution in [0.3, 0.4) is 0 Å². The lowest BCUT2D eigenvalue weighted by atomic mass is 9.99. The summed E-state index contributed by atoms with van der Waals surface area (Å²) >= 11 is 0. The lowest BCUT2D eigenvalue weighted by Crippen LogP contribution is -2.04. The molecule has 0 spiro atoms. The second-order valence-electron chi connectivity index (χ2n) is 7.61. The third kappa shape index (κ3) is 5.15. The molecule has 1 atom stereocenters. The summed E-state index contributed by atoms with van der Waals surface area (Å²) in [6, 6.07) is 16.7. The van der Waals surface area contributed by atoms with Crippen LogP contribution in [0.25, 0.3) is 0 Å². The minimum Gasteiger partial charge on any atom is -0.507 e. The Bertz CT molecular complexity index is 1120. The van der Waals surface area contributed by atoms with E-state index in [1.54, 1.807) is 36.4 Å². The van der Waals surface area contributed by atoms with Crippen molar-refractivity contribution in [3.05, 3.63) is 94.0 Å². The van der Waals surface area contributed by atoms with E-state index in [-0.39, 0.29) is 29.3 Å². The fraction of sp³-hybridized carbons (Fsp3) is 0.231. The smallest absolute Gasteiger partial charge is 0.335 e. The molecule has 166 valence electrons. The number of carbonyl (C=O) groups is 2. The number of ether oxygens (including phenoxy) is 1. The highest BCUT2D eigenvalue weighted by Gasteiger charge is 2.16. The molecule has 0 aromatic heterocycles. The topological polar surface area (TPSA) is 104 Å². The van der Waals surface area contributed by atoms with Crippen LogP contribution in [0.4, 0.5) is 0 Å². The van der Waals surface area contributed by atoms with Gasteiger partial charge in [-0.1, -0.05) is 49.7 Å². The molecule has 0 saturated heterocycles. The van der Waals surface area contributed by atoms with Crippen molar-refractivity contribution in [3.8, 4) is 11.5 Å². The molecule has 3 aromatic carbocycles. The quantitative estimate of drug-likeness (QED) is 0.414. The molecule has 0 aliphatic rings. The predicted molar refractivity (Wildman–Crippen MR) is 120 cm³/mol. The van der Waals surface area contributed by atoms with Gasteiger partial charge in [-0.15, -0.1) is 0 Å². The monoisotopic (exact) mass is 434 g/mol. The van der Waals surface area contributed by atoms with Crippen molar-refractivity contribution >= 4 is 11.8 Å². The van der Waals surface area contributed by atoms with Gasteiger partial charge in [-0.25, -0.2) is 4.79 Å². The van der Waals surface area contributed by atoms with E-state index in [2.05, 4.69) is 0 Å². The number of phenols is 1. The van der Waals surface area contributed by atoms with Gasteiger partial charge >= 0.3 is 5.97 Å². The maximum absolute atomic E-state index is 11.7. The fourth-order valence-electron chi connectivity index (χ4n) is 3.52. The van der Waals surface area contributed by atoms with E-state index >= 15 is 0 Å². The number of benzene rings is 3. The Morgan fingerprint density at radius 1 is 1.00 bits per heavy atom. The van der Waals surface area contributed by atoms with E-state index in [0.29, 0.717) is 28.9 Å². The SMILES string of the molecule is CCCc1c(OCc2ccc(C(O)c3cccc(C(=O)O)c3)cc2)ccc(C(C)=O)c1O. The molecule has 0 bridgehead atoms. The third-order valence-electron chi connectivity index (χ3n) is 5.26. The maximum Gasteiger partial charge on any atom is 0.335 e. The van der Waals surface area contributed by atoms with Crippen LogP contribution in [-0.2, 0) is 13.0 Å². The largest absolute Gasteiger partial charge is 0.507 e. The van der Waals surface area contributed by atoms with Gasteiger partial charge in [-0.2, -0.15) is 0 Å². The van der Waals surface area contributed by atoms with Gasteiger partial charge in [-0.3, -0.25) is 4.79 Å². The number of carbonyl (C=O) groups excluding carboxylic acids is 1. The second-order valence-corrected chi connectivity index (χ2v) is 7.61. The van der Waals surface area contributed by atoms with Gasteiger partial charge in [0.15, 0.2) is 5.78 Å². The van der Waals surface area contributed by atoms with Crippen LogP contribution in [0.5, 0.6) is 11.5 Å². The van der Waals surface area contributed by atoms with E-state index in [1.165, 1.54) is 19.1 Å². The lowest BCUT2D eigenvalue weighted by molar-refractivity contribution is 0.0696. The summed E-state index contributed by atoms with van der Waals surface area (Å²) in [4.78, 5) is 22.9. The van der Waals surface area contributed by atoms with Crippen molar-refractivity contribution < 1.29 is 29.6 Å². The molecule has 0 aliphatic heterocycles. The number of aliphatic hydroxyl groups excluding tert-OH is 1. The molecule has 6 nitrogen and oxygen atoms in total. The number of carboxylic acids is 1. The van der Waals surface area contributed by atoms with Crippen LogP contribution in [0.2, 0.25) is 0 Å². The van der Waals surface area contributed by atoms with Crippen LogP contribution >= 0.6 is 0 Å². The molecule has 0 amide bonds. The average molecular weight is 434 g/mol. The minimum absolute atomic E-state index is 0.0288. The molecule has 0 fully saturated rings. The van der Waals surface area contributed by atoms with E-state index in [1.807, 2.05) is 19.1 Å². The summed E-state index contributed by atoms with van der Waals surface area (Å²) in [7, 11) is 0. The highest BCUT2D eigenvalue weighted by atomic mass is 16.5. The number of aromatic hydroxyl groups is 1. The molecule has 0 saturated carbocycles. The number of aliphatic hydroxyl groups is 1. The van der Waals surface area contributed by atoms with Gasteiger partial charge < -0.3 is 20.1 Å². The molecule has 0 aliphatic carbocycles. The Morgan fingerprint density at radius 3 is 2.34 bits per heavy atom. The molecule has 3 N–H and O–H groups in total. The molecule has 32 heavy (non-hydrogen) atoms. The van der Waals surface area contributed by atoms with Gasteiger partial charge in [0, 0.05) is 5.56 Å². The lowest BCUT2D eigenvalue weighted by Gasteiger charge is -2.15. The zero-order chi connectivity index (χ0) is 23.3. The van der Waals surface area contributed by atoms with Gasteiger partial charge in [0.2, 0.25) is 0 Å². The first-order chi connectivity index (χ1) is 15.3. The Balaban J connectivity index is 1.74. The highest BCUT2D eigenvalue weighted by Crippen LogP contribution is 2.33. The van der Waals surface area contributed by atoms with Crippen LogP contribution in [0, 0.1) is 0 Å². The second kappa shape index (κ2) is 10.1. The van der Waals surface area contributed by atoms with Gasteiger partial charge in [0.1, 0.15) is 24.2 Å². The van der Waals surface area contributed by atoms with Crippen LogP contribution in [0.1, 0.15) is 69.3 Å². The molecule has 1 unspecified atom stereocenters. The number of aromatic carboxylic acids is 1. The minimum atomic E-state index is -1.05. The Hall–Kier alpha value is -3.64. The van der Waals surface area contributed by atoms with E-state index in [4.69, 9.17) is 9.84 Å². The normalized spacial score (nSPS) is 11.7. The Morgan fingerprint density at radius 2 is 1.72 bits per heavy atom. The molecule has 3 rings (SSSR count). The molecule has 0 radical (unpaired) electrons. The summed E-state index contributed by atoms with van der Waals surface area (Å²) in [5.74, 6) is -0.742. The van der Waals surface area contributed by atoms with Crippen LogP contribution in [-0.4, -0.2) is 27.1 Å². The number of rotatable bonds is 9. The summed E-state index contributed by atoms with van der Waals surface area (Å²) in [6.45, 7) is 3.65. The maximum atomic E-state index is 11.7. The summed E-state index contributed by atoms with van der Waals surface area (Å²) in [5.41, 5.74) is 3.01. The summed E-state index contributed by atoms with van der Waals surface area (Å²) < 4.78 is 5.92. The van der Waals surface area contributed by atoms with Gasteiger partial charge in [-0.05, 0) is 54.3 Å². The number of Topliss-reactive ketones (excluding diaryl/α,β-unsaturated/α-hetero) is 1. The molecule has 3 aromatic rings. The van der Waals surface area contributed by atoms with Crippen molar-refractivity contribution in [2.45, 2.75) is 39.4 Å². The van der Waals surface area contributed by atoms with E-state index in [9.17, 15) is 19.8 Å². The van der Waals surface area contributed by atoms with Crippen LogP contribution in [0.15, 0.2) is 60.7 Å². The first-order valence-electron chi connectivity index (χ1n) is 10.4. The number of phenolic OH excluding ortho intramolecular Hbond substituents is 1. The predicted octanol–water partition coefficient (Wildman–Crippen LogP) is 4.91. The highest BCUT2D eigenvalue weighted by molar-refractivity contribution is 5.97. The van der Waals surface area contributed by atoms with E-state index in [0.717, 1.165) is 12.0 Å². The molecule has 6 heteroatoms. The van der Waals surface area contributed by atoms with Gasteiger partial charge in [0.25, 0.3) is 0 Å². The zero-order valence-electron chi connectivity index (χ0n) is 18.0. The van der Waals surface area contributed by atoms with Crippen molar-refractivity contribution in [2.24, 2.45) is 0 Å². The summed E-state index contributed by atoms with van der Waals surface area (Å²) in [6.07, 6.45) is 0.431. The Labute approximate surface area is 186 Å². The van der Waals surface area contributed by atoms with Crippen molar-refractivity contribution in [2.75, 3.05) is 0 Å². The Kier molecular flexibility index (Phi) is 7.28. The zero-order valence-corrected chi connectivity index (χ0v) is 18.0. The molecular formula is C26H26O6. The average Bonchev–Trinajstić information content (AvgIpc) is 2.79. The first-order valence-corrected chi connectivity index (χ1v) is 10.4. The number of ketones is 1. The third-order valence-corrected chi connectivity index (χ3v) is 5.26. The number of hydrogen-bond acceptors (Lipinski definition) is 5. The fourth-order valence-corrected chi connectivity index (χ4v) is 3.52. The van der Waals surface area contributed by atoms with Crippen molar-refractivity contribution in [1.82, 2.24) is 0 Å². The van der Waals surface area contributed by atoms with Crippen LogP contribution < -0.4 is 4.74 Å².